The van der Waals surface area contributed by atoms with Crippen LogP contribution in [0.15, 0.2) is 0 Å². The van der Waals surface area contributed by atoms with E-state index in [0.717, 1.165) is 31.1 Å². The van der Waals surface area contributed by atoms with Gasteiger partial charge in [-0.25, -0.2) is 0 Å². The Morgan fingerprint density at radius 1 is 1.16 bits per heavy atom. The number of carbonyl (C=O) groups excluding carboxylic acids is 1. The maximum atomic E-state index is 12.3. The highest BCUT2D eigenvalue weighted by Crippen LogP contribution is 2.70. The molecule has 0 spiro atoms. The van der Waals surface area contributed by atoms with Crippen molar-refractivity contribution in [3.63, 3.8) is 0 Å². The molecule has 2 bridgehead atoms. The molecule has 0 aromatic heterocycles. The highest BCUT2D eigenvalue weighted by Gasteiger charge is 2.62. The van der Waals surface area contributed by atoms with E-state index >= 15 is 0 Å². The van der Waals surface area contributed by atoms with Crippen LogP contribution in [-0.4, -0.2) is 5.78 Å². The van der Waals surface area contributed by atoms with Crippen LogP contribution in [0.25, 0.3) is 0 Å². The predicted octanol–water partition coefficient (Wildman–Crippen LogP) is 4.84. The number of carbonyl (C=O) groups is 1. The summed E-state index contributed by atoms with van der Waals surface area (Å²) in [7, 11) is 0. The van der Waals surface area contributed by atoms with Crippen LogP contribution in [0.4, 0.5) is 0 Å². The Bertz CT molecular complexity index is 383. The number of Topliss-reactive ketones (excluding diaryl/α,β-unsaturated/α-hetero) is 1. The van der Waals surface area contributed by atoms with Crippen molar-refractivity contribution in [1.82, 2.24) is 0 Å². The first-order valence-electron chi connectivity index (χ1n) is 8.43. The molecule has 0 aromatic rings. The Hall–Kier alpha value is -0.330. The van der Waals surface area contributed by atoms with E-state index in [0.29, 0.717) is 28.4 Å². The molecule has 0 aliphatic heterocycles. The maximum Gasteiger partial charge on any atom is 0.136 e. The van der Waals surface area contributed by atoms with Crippen molar-refractivity contribution in [2.24, 2.45) is 34.5 Å². The van der Waals surface area contributed by atoms with E-state index in [-0.39, 0.29) is 0 Å². The number of hydrogen-bond donors (Lipinski definition) is 0. The van der Waals surface area contributed by atoms with Crippen LogP contribution in [0.1, 0.15) is 72.6 Å². The summed E-state index contributed by atoms with van der Waals surface area (Å²) >= 11 is 0. The molecule has 3 rings (SSSR count). The van der Waals surface area contributed by atoms with Gasteiger partial charge in [0, 0.05) is 12.3 Å². The van der Waals surface area contributed by atoms with Gasteiger partial charge in [-0.1, -0.05) is 27.7 Å². The van der Waals surface area contributed by atoms with E-state index < -0.39 is 0 Å². The first-order chi connectivity index (χ1) is 8.90. The van der Waals surface area contributed by atoms with Crippen molar-refractivity contribution in [3.05, 3.63) is 0 Å². The summed E-state index contributed by atoms with van der Waals surface area (Å²) in [5.74, 6) is 3.40. The SMILES string of the molecule is CCC1CCC([C@H]2C[C@@H]3CC[C@@]2(C)C3(C)C)CC1=O. The fraction of sp³-hybridized carbons (Fsp3) is 0.944. The molecule has 108 valence electrons. The molecule has 0 aromatic carbocycles. The third kappa shape index (κ3) is 1.76. The average molecular weight is 262 g/mol. The highest BCUT2D eigenvalue weighted by atomic mass is 16.1. The van der Waals surface area contributed by atoms with Gasteiger partial charge in [-0.15, -0.1) is 0 Å². The van der Waals surface area contributed by atoms with Crippen molar-refractivity contribution in [2.75, 3.05) is 0 Å². The van der Waals surface area contributed by atoms with Gasteiger partial charge < -0.3 is 0 Å². The highest BCUT2D eigenvalue weighted by molar-refractivity contribution is 5.81. The molecular weight excluding hydrogens is 232 g/mol. The van der Waals surface area contributed by atoms with Crippen LogP contribution in [0.3, 0.4) is 0 Å². The standard InChI is InChI=1S/C18H30O/c1-5-12-6-7-13(10-16(12)19)15-11-14-8-9-18(15,4)17(14,2)3/h12-15H,5-11H2,1-4H3/t12?,13?,14-,15+,18+/m0/s1. The maximum absolute atomic E-state index is 12.3. The molecule has 5 atom stereocenters. The lowest BCUT2D eigenvalue weighted by atomic mass is 9.60. The minimum absolute atomic E-state index is 0.385. The molecule has 0 saturated heterocycles. The summed E-state index contributed by atoms with van der Waals surface area (Å²) in [5.41, 5.74) is 1.00. The Kier molecular flexibility index (Phi) is 3.11. The summed E-state index contributed by atoms with van der Waals surface area (Å²) in [6.07, 6.45) is 8.65. The summed E-state index contributed by atoms with van der Waals surface area (Å²) in [6.45, 7) is 9.68. The van der Waals surface area contributed by atoms with Crippen molar-refractivity contribution >= 4 is 5.78 Å². The van der Waals surface area contributed by atoms with Crippen LogP contribution < -0.4 is 0 Å². The minimum atomic E-state index is 0.385. The van der Waals surface area contributed by atoms with Crippen molar-refractivity contribution in [2.45, 2.75) is 72.6 Å². The zero-order valence-electron chi connectivity index (χ0n) is 13.2. The van der Waals surface area contributed by atoms with E-state index in [9.17, 15) is 4.79 Å². The van der Waals surface area contributed by atoms with E-state index in [1.165, 1.54) is 25.7 Å². The van der Waals surface area contributed by atoms with Gasteiger partial charge in [0.1, 0.15) is 5.78 Å². The zero-order valence-corrected chi connectivity index (χ0v) is 13.2. The zero-order chi connectivity index (χ0) is 13.8. The molecule has 2 unspecified atom stereocenters. The van der Waals surface area contributed by atoms with E-state index in [2.05, 4.69) is 27.7 Å². The number of hydrogen-bond acceptors (Lipinski definition) is 1. The second-order valence-electron chi connectivity index (χ2n) is 8.33. The molecule has 0 radical (unpaired) electrons. The fourth-order valence-electron chi connectivity index (χ4n) is 5.86. The Morgan fingerprint density at radius 3 is 2.37 bits per heavy atom. The topological polar surface area (TPSA) is 17.1 Å². The average Bonchev–Trinajstić information content (AvgIpc) is 2.71. The summed E-state index contributed by atoms with van der Waals surface area (Å²) in [4.78, 5) is 12.3. The Balaban J connectivity index is 1.77. The van der Waals surface area contributed by atoms with Crippen LogP contribution in [0.5, 0.6) is 0 Å². The third-order valence-corrected chi connectivity index (χ3v) is 7.73. The van der Waals surface area contributed by atoms with Crippen molar-refractivity contribution in [3.8, 4) is 0 Å². The van der Waals surface area contributed by atoms with Crippen molar-refractivity contribution in [1.29, 1.82) is 0 Å². The molecule has 0 heterocycles. The van der Waals surface area contributed by atoms with Gasteiger partial charge in [0.05, 0.1) is 0 Å². The van der Waals surface area contributed by atoms with E-state index in [1.807, 2.05) is 0 Å². The summed E-state index contributed by atoms with van der Waals surface area (Å²) in [5, 5.41) is 0. The number of ketones is 1. The molecule has 3 saturated carbocycles. The molecule has 3 aliphatic carbocycles. The first kappa shape index (κ1) is 13.6. The van der Waals surface area contributed by atoms with Crippen molar-refractivity contribution < 1.29 is 4.79 Å². The van der Waals surface area contributed by atoms with Crippen LogP contribution >= 0.6 is 0 Å². The lowest BCUT2D eigenvalue weighted by Gasteiger charge is -2.44. The van der Waals surface area contributed by atoms with E-state index in [4.69, 9.17) is 0 Å². The van der Waals surface area contributed by atoms with Crippen LogP contribution in [-0.2, 0) is 4.79 Å². The van der Waals surface area contributed by atoms with Gasteiger partial charge >= 0.3 is 0 Å². The predicted molar refractivity (Wildman–Crippen MR) is 78.8 cm³/mol. The minimum Gasteiger partial charge on any atom is -0.299 e. The summed E-state index contributed by atoms with van der Waals surface area (Å²) in [6, 6.07) is 0. The second kappa shape index (κ2) is 4.33. The normalized spacial score (nSPS) is 48.7. The lowest BCUT2D eigenvalue weighted by Crippen LogP contribution is -2.39. The molecule has 1 nitrogen and oxygen atoms in total. The van der Waals surface area contributed by atoms with Gasteiger partial charge in [0.25, 0.3) is 0 Å². The lowest BCUT2D eigenvalue weighted by molar-refractivity contribution is -0.127. The number of fused-ring (bicyclic) bond motifs is 2. The molecule has 0 amide bonds. The van der Waals surface area contributed by atoms with Gasteiger partial charge in [-0.05, 0) is 67.1 Å². The monoisotopic (exact) mass is 262 g/mol. The molecule has 3 aliphatic rings. The van der Waals surface area contributed by atoms with Gasteiger partial charge in [-0.3, -0.25) is 4.79 Å². The molecule has 0 N–H and O–H groups in total. The second-order valence-corrected chi connectivity index (χ2v) is 8.33. The van der Waals surface area contributed by atoms with Gasteiger partial charge in [0.15, 0.2) is 0 Å². The Morgan fingerprint density at radius 2 is 1.89 bits per heavy atom. The van der Waals surface area contributed by atoms with Crippen LogP contribution in [0.2, 0.25) is 0 Å². The van der Waals surface area contributed by atoms with Gasteiger partial charge in [0.2, 0.25) is 0 Å². The molecule has 19 heavy (non-hydrogen) atoms. The summed E-state index contributed by atoms with van der Waals surface area (Å²) < 4.78 is 0. The quantitative estimate of drug-likeness (QED) is 0.695. The number of rotatable bonds is 2. The smallest absolute Gasteiger partial charge is 0.136 e. The largest absolute Gasteiger partial charge is 0.299 e. The van der Waals surface area contributed by atoms with E-state index in [1.54, 1.807) is 0 Å². The molecular formula is C18H30O. The molecule has 1 heteroatoms. The van der Waals surface area contributed by atoms with Crippen LogP contribution in [0, 0.1) is 34.5 Å². The fourth-order valence-corrected chi connectivity index (χ4v) is 5.86. The van der Waals surface area contributed by atoms with Gasteiger partial charge in [-0.2, -0.15) is 0 Å². The Labute approximate surface area is 118 Å². The molecule has 3 fully saturated rings. The third-order valence-electron chi connectivity index (χ3n) is 7.73. The first-order valence-corrected chi connectivity index (χ1v) is 8.43.